The topological polar surface area (TPSA) is 52.3 Å². The molecule has 0 bridgehead atoms. The monoisotopic (exact) mass is 294 g/mol. The molecule has 8 heteroatoms. The zero-order chi connectivity index (χ0) is 15.0. The van der Waals surface area contributed by atoms with E-state index in [1.807, 2.05) is 0 Å². The summed E-state index contributed by atoms with van der Waals surface area (Å²) in [6.07, 6.45) is -3.38. The molecule has 3 aromatic rings. The van der Waals surface area contributed by atoms with Crippen LogP contribution in [0.25, 0.3) is 17.0 Å². The third kappa shape index (κ3) is 2.39. The summed E-state index contributed by atoms with van der Waals surface area (Å²) >= 11 is 0. The first-order chi connectivity index (χ1) is 9.99. The van der Waals surface area contributed by atoms with Crippen LogP contribution >= 0.6 is 0 Å². The van der Waals surface area contributed by atoms with E-state index in [0.717, 1.165) is 12.4 Å². The van der Waals surface area contributed by atoms with Gasteiger partial charge in [-0.05, 0) is 30.3 Å². The maximum Gasteiger partial charge on any atom is 0.433 e. The number of nitrogens with zero attached hydrogens (tertiary/aromatic N) is 4. The third-order valence-electron chi connectivity index (χ3n) is 2.93. The molecule has 2 aromatic heterocycles. The molecule has 0 aliphatic carbocycles. The van der Waals surface area contributed by atoms with Crippen LogP contribution in [0.4, 0.5) is 13.2 Å². The van der Waals surface area contributed by atoms with Gasteiger partial charge in [0.05, 0.1) is 12.8 Å². The minimum Gasteiger partial charge on any atom is -0.497 e. The van der Waals surface area contributed by atoms with Gasteiger partial charge in [0.2, 0.25) is 0 Å². The van der Waals surface area contributed by atoms with Gasteiger partial charge in [0.15, 0.2) is 5.69 Å². The van der Waals surface area contributed by atoms with Crippen molar-refractivity contribution in [2.24, 2.45) is 0 Å². The molecular weight excluding hydrogens is 285 g/mol. The van der Waals surface area contributed by atoms with E-state index in [1.165, 1.54) is 11.6 Å². The lowest BCUT2D eigenvalue weighted by Crippen LogP contribution is -2.11. The molecule has 3 rings (SSSR count). The van der Waals surface area contributed by atoms with Crippen molar-refractivity contribution in [2.45, 2.75) is 6.18 Å². The summed E-state index contributed by atoms with van der Waals surface area (Å²) in [7, 11) is 1.51. The molecule has 2 heterocycles. The van der Waals surface area contributed by atoms with Gasteiger partial charge in [-0.15, -0.1) is 0 Å². The van der Waals surface area contributed by atoms with Crippen LogP contribution in [-0.2, 0) is 6.18 Å². The van der Waals surface area contributed by atoms with E-state index in [-0.39, 0.29) is 11.5 Å². The van der Waals surface area contributed by atoms with Crippen molar-refractivity contribution >= 4 is 5.78 Å². The average molecular weight is 294 g/mol. The summed E-state index contributed by atoms with van der Waals surface area (Å²) in [4.78, 5) is 7.19. The Balaban J connectivity index is 2.21. The molecule has 0 N–H and O–H groups in total. The van der Waals surface area contributed by atoms with Gasteiger partial charge in [0.25, 0.3) is 5.78 Å². The lowest BCUT2D eigenvalue weighted by molar-refractivity contribution is -0.141. The Morgan fingerprint density at radius 2 is 1.86 bits per heavy atom. The first-order valence-corrected chi connectivity index (χ1v) is 5.91. The van der Waals surface area contributed by atoms with Crippen molar-refractivity contribution < 1.29 is 17.9 Å². The molecule has 1 aromatic carbocycles. The van der Waals surface area contributed by atoms with Crippen LogP contribution in [0.3, 0.4) is 0 Å². The van der Waals surface area contributed by atoms with Crippen molar-refractivity contribution in [1.82, 2.24) is 19.6 Å². The van der Waals surface area contributed by atoms with E-state index in [4.69, 9.17) is 4.74 Å². The zero-order valence-corrected chi connectivity index (χ0v) is 10.8. The molecule has 0 amide bonds. The van der Waals surface area contributed by atoms with E-state index in [2.05, 4.69) is 15.1 Å². The molecule has 0 fully saturated rings. The number of benzene rings is 1. The van der Waals surface area contributed by atoms with Crippen LogP contribution in [0.2, 0.25) is 0 Å². The average Bonchev–Trinajstić information content (AvgIpc) is 2.94. The molecule has 5 nitrogen and oxygen atoms in total. The Morgan fingerprint density at radius 1 is 1.14 bits per heavy atom. The Morgan fingerprint density at radius 3 is 2.48 bits per heavy atom. The first kappa shape index (κ1) is 13.3. The minimum atomic E-state index is -4.55. The maximum absolute atomic E-state index is 12.9. The number of fused-ring (bicyclic) bond motifs is 1. The van der Waals surface area contributed by atoms with Crippen LogP contribution in [-0.4, -0.2) is 26.7 Å². The lowest BCUT2D eigenvalue weighted by Gasteiger charge is -2.10. The summed E-state index contributed by atoms with van der Waals surface area (Å²) in [6, 6.07) is 7.56. The van der Waals surface area contributed by atoms with E-state index in [0.29, 0.717) is 11.3 Å². The van der Waals surface area contributed by atoms with Crippen LogP contribution in [0.15, 0.2) is 36.7 Å². The second kappa shape index (κ2) is 4.72. The highest BCUT2D eigenvalue weighted by Gasteiger charge is 2.34. The van der Waals surface area contributed by atoms with E-state index >= 15 is 0 Å². The molecular formula is C13H9F3N4O. The van der Waals surface area contributed by atoms with Crippen molar-refractivity contribution in [1.29, 1.82) is 0 Å². The summed E-state index contributed by atoms with van der Waals surface area (Å²) in [5, 5.41) is 3.91. The number of methoxy groups -OCH3 is 1. The second-order valence-electron chi connectivity index (χ2n) is 4.22. The van der Waals surface area contributed by atoms with E-state index < -0.39 is 11.9 Å². The van der Waals surface area contributed by atoms with Crippen molar-refractivity contribution in [3.63, 3.8) is 0 Å². The standard InChI is InChI=1S/C13H9F3N4O/c1-21-9-4-2-8(3-5-9)10-6-11(13(14,15)16)19-12-17-7-18-20(10)12/h2-7H,1H3. The van der Waals surface area contributed by atoms with Gasteiger partial charge in [-0.1, -0.05) is 0 Å². The maximum atomic E-state index is 12.9. The summed E-state index contributed by atoms with van der Waals surface area (Å²) in [5.74, 6) is 0.509. The molecule has 0 atom stereocenters. The number of ether oxygens (including phenoxy) is 1. The Hall–Kier alpha value is -2.64. The molecule has 0 unspecified atom stereocenters. The van der Waals surface area contributed by atoms with Gasteiger partial charge >= 0.3 is 6.18 Å². The predicted octanol–water partition coefficient (Wildman–Crippen LogP) is 2.82. The van der Waals surface area contributed by atoms with Gasteiger partial charge in [0.1, 0.15) is 12.1 Å². The lowest BCUT2D eigenvalue weighted by atomic mass is 10.1. The molecule has 0 spiro atoms. The van der Waals surface area contributed by atoms with Crippen LogP contribution in [0.1, 0.15) is 5.69 Å². The highest BCUT2D eigenvalue weighted by molar-refractivity contribution is 5.63. The minimum absolute atomic E-state index is 0.101. The highest BCUT2D eigenvalue weighted by Crippen LogP contribution is 2.31. The number of aromatic nitrogens is 4. The first-order valence-electron chi connectivity index (χ1n) is 5.91. The number of hydrogen-bond donors (Lipinski definition) is 0. The number of alkyl halides is 3. The molecule has 21 heavy (non-hydrogen) atoms. The van der Waals surface area contributed by atoms with Gasteiger partial charge in [-0.2, -0.15) is 27.8 Å². The Kier molecular flexibility index (Phi) is 3.00. The largest absolute Gasteiger partial charge is 0.497 e. The van der Waals surface area contributed by atoms with Gasteiger partial charge < -0.3 is 4.74 Å². The van der Waals surface area contributed by atoms with Gasteiger partial charge in [-0.25, -0.2) is 4.98 Å². The van der Waals surface area contributed by atoms with Crippen LogP contribution in [0, 0.1) is 0 Å². The predicted molar refractivity (Wildman–Crippen MR) is 67.8 cm³/mol. The summed E-state index contributed by atoms with van der Waals surface area (Å²) in [6.45, 7) is 0. The molecule has 0 saturated heterocycles. The number of halogens is 3. The van der Waals surface area contributed by atoms with Crippen LogP contribution < -0.4 is 4.74 Å². The van der Waals surface area contributed by atoms with Gasteiger partial charge in [0, 0.05) is 5.56 Å². The molecule has 0 radical (unpaired) electrons. The SMILES string of the molecule is COc1ccc(-c2cc(C(F)(F)F)nc3ncnn23)cc1. The molecule has 0 aliphatic rings. The summed E-state index contributed by atoms with van der Waals surface area (Å²) in [5.41, 5.74) is -0.194. The number of rotatable bonds is 2. The second-order valence-corrected chi connectivity index (χ2v) is 4.22. The van der Waals surface area contributed by atoms with Crippen molar-refractivity contribution in [3.05, 3.63) is 42.4 Å². The van der Waals surface area contributed by atoms with Crippen LogP contribution in [0.5, 0.6) is 5.75 Å². The summed E-state index contributed by atoms with van der Waals surface area (Å²) < 4.78 is 45.0. The third-order valence-corrected chi connectivity index (χ3v) is 2.93. The normalized spacial score (nSPS) is 11.8. The smallest absolute Gasteiger partial charge is 0.433 e. The highest BCUT2D eigenvalue weighted by atomic mass is 19.4. The molecule has 0 aliphatic heterocycles. The number of hydrogen-bond acceptors (Lipinski definition) is 4. The molecule has 108 valence electrons. The van der Waals surface area contributed by atoms with Crippen molar-refractivity contribution in [3.8, 4) is 17.0 Å². The Bertz CT molecular complexity index is 780. The quantitative estimate of drug-likeness (QED) is 0.729. The van der Waals surface area contributed by atoms with E-state index in [1.54, 1.807) is 24.3 Å². The Labute approximate surface area is 117 Å². The van der Waals surface area contributed by atoms with E-state index in [9.17, 15) is 13.2 Å². The fourth-order valence-electron chi connectivity index (χ4n) is 1.92. The zero-order valence-electron chi connectivity index (χ0n) is 10.8. The molecule has 0 saturated carbocycles. The van der Waals surface area contributed by atoms with Crippen molar-refractivity contribution in [2.75, 3.05) is 7.11 Å². The fraction of sp³-hybridized carbons (Fsp3) is 0.154. The van der Waals surface area contributed by atoms with Gasteiger partial charge in [-0.3, -0.25) is 0 Å². The fourth-order valence-corrected chi connectivity index (χ4v) is 1.92.